The highest BCUT2D eigenvalue weighted by molar-refractivity contribution is 6.06. The van der Waals surface area contributed by atoms with Crippen LogP contribution in [0.25, 0.3) is 11.1 Å². The van der Waals surface area contributed by atoms with E-state index < -0.39 is 29.0 Å². The quantitative estimate of drug-likeness (QED) is 0.503. The second-order valence-corrected chi connectivity index (χ2v) is 10.0. The lowest BCUT2D eigenvalue weighted by molar-refractivity contribution is -0.140. The number of nitrogens with zero attached hydrogens (tertiary/aromatic N) is 1. The normalized spacial score (nSPS) is 18.0. The number of benzene rings is 3. The Kier molecular flexibility index (Phi) is 7.43. The number of hydrogen-bond acceptors (Lipinski definition) is 4. The first-order chi connectivity index (χ1) is 18.8. The highest BCUT2D eigenvalue weighted by atomic mass is 19.1. The molecule has 39 heavy (non-hydrogen) atoms. The molecule has 0 spiro atoms. The second-order valence-electron chi connectivity index (χ2n) is 10.0. The summed E-state index contributed by atoms with van der Waals surface area (Å²) in [5, 5.41) is 5.76. The molecule has 2 heterocycles. The standard InChI is InChI=1S/C30H29F2N3O4/c1-35-25-9-5-4-7-23(25)22-6-2-3-8-24(22)27(28(35)37)34-29(38)30(10-12-39-13-11-30)18-33-26(36)16-19-14-20(31)17-21(32)15-19/h2-9,14-15,17,27H,10-13,16,18H2,1H3,(H,33,36)(H,34,38). The van der Waals surface area contributed by atoms with Crippen LogP contribution < -0.4 is 15.5 Å². The van der Waals surface area contributed by atoms with Crippen LogP contribution in [-0.4, -0.2) is 44.5 Å². The van der Waals surface area contributed by atoms with Gasteiger partial charge in [0.1, 0.15) is 17.7 Å². The molecule has 3 aromatic rings. The number of amides is 3. The molecule has 5 rings (SSSR count). The lowest BCUT2D eigenvalue weighted by atomic mass is 9.78. The van der Waals surface area contributed by atoms with Crippen LogP contribution in [0, 0.1) is 17.0 Å². The summed E-state index contributed by atoms with van der Waals surface area (Å²) in [6.45, 7) is 0.634. The number of halogens is 2. The van der Waals surface area contributed by atoms with E-state index in [0.717, 1.165) is 35.0 Å². The van der Waals surface area contributed by atoms with E-state index in [-0.39, 0.29) is 30.3 Å². The Morgan fingerprint density at radius 3 is 2.33 bits per heavy atom. The van der Waals surface area contributed by atoms with Crippen LogP contribution in [0.2, 0.25) is 0 Å². The van der Waals surface area contributed by atoms with Gasteiger partial charge in [-0.2, -0.15) is 0 Å². The Morgan fingerprint density at radius 2 is 1.62 bits per heavy atom. The van der Waals surface area contributed by atoms with Crippen molar-refractivity contribution >= 4 is 23.4 Å². The minimum Gasteiger partial charge on any atom is -0.381 e. The van der Waals surface area contributed by atoms with Gasteiger partial charge in [-0.15, -0.1) is 0 Å². The number of nitrogens with one attached hydrogen (secondary N) is 2. The predicted molar refractivity (Wildman–Crippen MR) is 142 cm³/mol. The van der Waals surface area contributed by atoms with Crippen LogP contribution in [-0.2, 0) is 25.5 Å². The van der Waals surface area contributed by atoms with Gasteiger partial charge in [-0.05, 0) is 47.7 Å². The third-order valence-electron chi connectivity index (χ3n) is 7.52. The summed E-state index contributed by atoms with van der Waals surface area (Å²) < 4.78 is 32.6. The lowest BCUT2D eigenvalue weighted by Crippen LogP contribution is -2.53. The third kappa shape index (κ3) is 5.40. The summed E-state index contributed by atoms with van der Waals surface area (Å²) in [4.78, 5) is 41.8. The van der Waals surface area contributed by atoms with Crippen molar-refractivity contribution in [2.45, 2.75) is 25.3 Å². The van der Waals surface area contributed by atoms with Gasteiger partial charge >= 0.3 is 0 Å². The number of anilines is 1. The first-order valence-corrected chi connectivity index (χ1v) is 12.8. The lowest BCUT2D eigenvalue weighted by Gasteiger charge is -2.37. The van der Waals surface area contributed by atoms with E-state index in [1.807, 2.05) is 48.5 Å². The van der Waals surface area contributed by atoms with Gasteiger partial charge in [0.05, 0.1) is 17.5 Å². The molecular weight excluding hydrogens is 504 g/mol. The minimum atomic E-state index is -1.02. The Bertz CT molecular complexity index is 1400. The van der Waals surface area contributed by atoms with Crippen molar-refractivity contribution in [3.8, 4) is 11.1 Å². The largest absolute Gasteiger partial charge is 0.381 e. The van der Waals surface area contributed by atoms with Crippen molar-refractivity contribution in [3.05, 3.63) is 89.5 Å². The molecule has 0 aromatic heterocycles. The molecule has 0 aliphatic carbocycles. The van der Waals surface area contributed by atoms with E-state index >= 15 is 0 Å². The third-order valence-corrected chi connectivity index (χ3v) is 7.52. The maximum absolute atomic E-state index is 13.9. The molecule has 0 bridgehead atoms. The Balaban J connectivity index is 1.38. The summed E-state index contributed by atoms with van der Waals surface area (Å²) in [6.07, 6.45) is 0.444. The van der Waals surface area contributed by atoms with Gasteiger partial charge in [-0.25, -0.2) is 8.78 Å². The fraction of sp³-hybridized carbons (Fsp3) is 0.300. The maximum Gasteiger partial charge on any atom is 0.253 e. The Hall–Kier alpha value is -4.11. The topological polar surface area (TPSA) is 87.7 Å². The maximum atomic E-state index is 13.9. The fourth-order valence-corrected chi connectivity index (χ4v) is 5.33. The van der Waals surface area contributed by atoms with Gasteiger partial charge < -0.3 is 20.3 Å². The average molecular weight is 534 g/mol. The van der Waals surface area contributed by atoms with Gasteiger partial charge in [0, 0.05) is 38.4 Å². The molecular formula is C30H29F2N3O4. The summed E-state index contributed by atoms with van der Waals surface area (Å²) in [5.74, 6) is -2.64. The zero-order valence-electron chi connectivity index (χ0n) is 21.5. The number of ether oxygens (including phenoxy) is 1. The van der Waals surface area contributed by atoms with E-state index in [0.29, 0.717) is 31.6 Å². The van der Waals surface area contributed by atoms with Gasteiger partial charge in [-0.1, -0.05) is 42.5 Å². The monoisotopic (exact) mass is 533 g/mol. The molecule has 0 saturated carbocycles. The molecule has 2 aliphatic heterocycles. The SMILES string of the molecule is CN1C(=O)C(NC(=O)C2(CNC(=O)Cc3cc(F)cc(F)c3)CCOCC2)c2ccccc2-c2ccccc21. The number of fused-ring (bicyclic) bond motifs is 3. The average Bonchev–Trinajstić information content (AvgIpc) is 3.01. The summed E-state index contributed by atoms with van der Waals surface area (Å²) >= 11 is 0. The number of carbonyl (C=O) groups excluding carboxylic acids is 3. The van der Waals surface area contributed by atoms with Crippen molar-refractivity contribution in [1.29, 1.82) is 0 Å². The summed E-state index contributed by atoms with van der Waals surface area (Å²) in [7, 11) is 1.69. The van der Waals surface area contributed by atoms with E-state index in [2.05, 4.69) is 10.6 Å². The van der Waals surface area contributed by atoms with Crippen LogP contribution in [0.4, 0.5) is 14.5 Å². The molecule has 2 N–H and O–H groups in total. The zero-order chi connectivity index (χ0) is 27.6. The molecule has 2 aliphatic rings. The molecule has 1 atom stereocenters. The number of likely N-dealkylation sites (N-methyl/N-ethyl adjacent to an activating group) is 1. The van der Waals surface area contributed by atoms with E-state index in [1.165, 1.54) is 0 Å². The van der Waals surface area contributed by atoms with E-state index in [4.69, 9.17) is 4.74 Å². The molecule has 0 radical (unpaired) electrons. The highest BCUT2D eigenvalue weighted by Crippen LogP contribution is 2.40. The van der Waals surface area contributed by atoms with Crippen LogP contribution in [0.3, 0.4) is 0 Å². The van der Waals surface area contributed by atoms with Crippen LogP contribution in [0.1, 0.15) is 30.0 Å². The summed E-state index contributed by atoms with van der Waals surface area (Å²) in [6, 6.07) is 17.1. The fourth-order valence-electron chi connectivity index (χ4n) is 5.33. The first-order valence-electron chi connectivity index (χ1n) is 12.8. The van der Waals surface area contributed by atoms with E-state index in [1.54, 1.807) is 11.9 Å². The molecule has 3 amide bonds. The molecule has 3 aromatic carbocycles. The van der Waals surface area contributed by atoms with Crippen molar-refractivity contribution in [1.82, 2.24) is 10.6 Å². The summed E-state index contributed by atoms with van der Waals surface area (Å²) in [5.41, 5.74) is 2.35. The van der Waals surface area contributed by atoms with Crippen LogP contribution in [0.15, 0.2) is 66.7 Å². The number of para-hydroxylation sites is 1. The van der Waals surface area contributed by atoms with Gasteiger partial charge in [-0.3, -0.25) is 14.4 Å². The highest BCUT2D eigenvalue weighted by Gasteiger charge is 2.43. The predicted octanol–water partition coefficient (Wildman–Crippen LogP) is 3.92. The van der Waals surface area contributed by atoms with Crippen molar-refractivity contribution in [2.75, 3.05) is 31.7 Å². The smallest absolute Gasteiger partial charge is 0.253 e. The molecule has 202 valence electrons. The van der Waals surface area contributed by atoms with E-state index in [9.17, 15) is 23.2 Å². The Morgan fingerprint density at radius 1 is 0.974 bits per heavy atom. The molecule has 1 saturated heterocycles. The van der Waals surface area contributed by atoms with Crippen LogP contribution >= 0.6 is 0 Å². The number of carbonyl (C=O) groups is 3. The Labute approximate surface area is 225 Å². The zero-order valence-corrected chi connectivity index (χ0v) is 21.5. The number of rotatable bonds is 6. The molecule has 9 heteroatoms. The first kappa shape index (κ1) is 26.5. The van der Waals surface area contributed by atoms with Crippen molar-refractivity contribution in [3.63, 3.8) is 0 Å². The van der Waals surface area contributed by atoms with Gasteiger partial charge in [0.15, 0.2) is 0 Å². The minimum absolute atomic E-state index is 0.00253. The van der Waals surface area contributed by atoms with Crippen LogP contribution in [0.5, 0.6) is 0 Å². The van der Waals surface area contributed by atoms with Gasteiger partial charge in [0.2, 0.25) is 11.8 Å². The second kappa shape index (κ2) is 10.9. The van der Waals surface area contributed by atoms with Gasteiger partial charge in [0.25, 0.3) is 5.91 Å². The van der Waals surface area contributed by atoms with Crippen molar-refractivity contribution in [2.24, 2.45) is 5.41 Å². The number of hydrogen-bond donors (Lipinski definition) is 2. The molecule has 1 unspecified atom stereocenters. The molecule has 7 nitrogen and oxygen atoms in total. The molecule has 1 fully saturated rings. The van der Waals surface area contributed by atoms with Crippen molar-refractivity contribution < 1.29 is 27.9 Å².